The molecule has 0 fully saturated rings. The van der Waals surface area contributed by atoms with Crippen molar-refractivity contribution in [2.45, 2.75) is 6.92 Å². The third kappa shape index (κ3) is 1.85. The first kappa shape index (κ1) is 11.7. The Bertz CT molecular complexity index is 685. The van der Waals surface area contributed by atoms with Crippen LogP contribution in [-0.2, 0) is 4.79 Å². The lowest BCUT2D eigenvalue weighted by molar-refractivity contribution is -0.112. The lowest BCUT2D eigenvalue weighted by Gasteiger charge is -2.08. The van der Waals surface area contributed by atoms with Crippen LogP contribution in [0.15, 0.2) is 48.5 Å². The molecule has 94 valence electrons. The molecule has 0 atom stereocenters. The third-order valence-electron chi connectivity index (χ3n) is 3.58. The van der Waals surface area contributed by atoms with Gasteiger partial charge in [-0.25, -0.2) is 0 Å². The van der Waals surface area contributed by atoms with E-state index in [9.17, 15) is 4.79 Å². The summed E-state index contributed by atoms with van der Waals surface area (Å²) in [6, 6.07) is 16.0. The SMILES string of the molecule is Cc1ccccc1/C=C1\C(=O)N(C)c2ccccc21. The number of hydrogen-bond donors (Lipinski definition) is 0. The molecule has 0 radical (unpaired) electrons. The van der Waals surface area contributed by atoms with Crippen molar-refractivity contribution in [2.24, 2.45) is 0 Å². The molecule has 19 heavy (non-hydrogen) atoms. The van der Waals surface area contributed by atoms with Crippen LogP contribution in [-0.4, -0.2) is 13.0 Å². The molecule has 2 heteroatoms. The summed E-state index contributed by atoms with van der Waals surface area (Å²) < 4.78 is 0. The molecule has 0 unspecified atom stereocenters. The number of benzene rings is 2. The second-order valence-electron chi connectivity index (χ2n) is 4.80. The molecule has 1 aliphatic heterocycles. The maximum atomic E-state index is 12.3. The molecule has 0 aromatic heterocycles. The smallest absolute Gasteiger partial charge is 0.258 e. The van der Waals surface area contributed by atoms with Gasteiger partial charge in [-0.1, -0.05) is 42.5 Å². The Kier molecular flexibility index (Phi) is 2.71. The highest BCUT2D eigenvalue weighted by atomic mass is 16.2. The van der Waals surface area contributed by atoms with Gasteiger partial charge in [-0.2, -0.15) is 0 Å². The van der Waals surface area contributed by atoms with E-state index in [2.05, 4.69) is 13.0 Å². The monoisotopic (exact) mass is 249 g/mol. The molecular weight excluding hydrogens is 234 g/mol. The minimum absolute atomic E-state index is 0.0597. The van der Waals surface area contributed by atoms with Gasteiger partial charge in [0.05, 0.1) is 5.69 Å². The highest BCUT2D eigenvalue weighted by Gasteiger charge is 2.28. The standard InChI is InChI=1S/C17H15NO/c1-12-7-3-4-8-13(12)11-15-14-9-5-6-10-16(14)18(2)17(15)19/h3-11H,1-2H3/b15-11-. The largest absolute Gasteiger partial charge is 0.311 e. The fraction of sp³-hybridized carbons (Fsp3) is 0.118. The lowest BCUT2D eigenvalue weighted by Crippen LogP contribution is -2.20. The highest BCUT2D eigenvalue weighted by molar-refractivity contribution is 6.35. The van der Waals surface area contributed by atoms with Crippen LogP contribution in [0.3, 0.4) is 0 Å². The molecule has 3 rings (SSSR count). The zero-order chi connectivity index (χ0) is 13.4. The van der Waals surface area contributed by atoms with Gasteiger partial charge < -0.3 is 4.90 Å². The Morgan fingerprint density at radius 1 is 1.00 bits per heavy atom. The van der Waals surface area contributed by atoms with Gasteiger partial charge >= 0.3 is 0 Å². The molecule has 2 aromatic carbocycles. The van der Waals surface area contributed by atoms with E-state index in [4.69, 9.17) is 0 Å². The van der Waals surface area contributed by atoms with Crippen LogP contribution in [0.1, 0.15) is 16.7 Å². The summed E-state index contributed by atoms with van der Waals surface area (Å²) in [6.07, 6.45) is 1.99. The molecule has 0 N–H and O–H groups in total. The van der Waals surface area contributed by atoms with Gasteiger partial charge in [0.1, 0.15) is 0 Å². The Balaban J connectivity index is 2.16. The molecule has 0 spiro atoms. The number of aryl methyl sites for hydroxylation is 1. The fourth-order valence-corrected chi connectivity index (χ4v) is 2.44. The molecule has 0 bridgehead atoms. The van der Waals surface area contributed by atoms with E-state index in [1.165, 1.54) is 5.56 Å². The molecule has 1 amide bonds. The molecule has 0 aliphatic carbocycles. The first-order chi connectivity index (χ1) is 9.18. The van der Waals surface area contributed by atoms with Gasteiger partial charge in [0.2, 0.25) is 0 Å². The summed E-state index contributed by atoms with van der Waals surface area (Å²) >= 11 is 0. The Morgan fingerprint density at radius 2 is 1.68 bits per heavy atom. The molecule has 1 heterocycles. The summed E-state index contributed by atoms with van der Waals surface area (Å²) in [5.74, 6) is 0.0597. The number of amides is 1. The van der Waals surface area contributed by atoms with E-state index in [1.54, 1.807) is 4.90 Å². The van der Waals surface area contributed by atoms with Crippen molar-refractivity contribution in [3.63, 3.8) is 0 Å². The predicted octanol–water partition coefficient (Wildman–Crippen LogP) is 3.51. The van der Waals surface area contributed by atoms with Crippen molar-refractivity contribution in [1.29, 1.82) is 0 Å². The molecule has 0 saturated carbocycles. The normalized spacial score (nSPS) is 16.0. The number of anilines is 1. The van der Waals surface area contributed by atoms with Crippen LogP contribution < -0.4 is 4.90 Å². The van der Waals surface area contributed by atoms with Crippen LogP contribution >= 0.6 is 0 Å². The van der Waals surface area contributed by atoms with E-state index in [1.807, 2.05) is 55.6 Å². The van der Waals surface area contributed by atoms with E-state index < -0.39 is 0 Å². The van der Waals surface area contributed by atoms with Gasteiger partial charge in [-0.05, 0) is 30.2 Å². The molecule has 2 aromatic rings. The van der Waals surface area contributed by atoms with E-state index >= 15 is 0 Å². The maximum absolute atomic E-state index is 12.3. The zero-order valence-corrected chi connectivity index (χ0v) is 11.1. The molecule has 1 aliphatic rings. The van der Waals surface area contributed by atoms with Crippen molar-refractivity contribution in [3.8, 4) is 0 Å². The first-order valence-electron chi connectivity index (χ1n) is 6.33. The Hall–Kier alpha value is -2.35. The number of carbonyl (C=O) groups excluding carboxylic acids is 1. The van der Waals surface area contributed by atoms with Crippen molar-refractivity contribution in [1.82, 2.24) is 0 Å². The van der Waals surface area contributed by atoms with Crippen molar-refractivity contribution >= 4 is 23.2 Å². The van der Waals surface area contributed by atoms with E-state index in [0.717, 1.165) is 22.4 Å². The minimum atomic E-state index is 0.0597. The van der Waals surface area contributed by atoms with Crippen LogP contribution in [0.4, 0.5) is 5.69 Å². The summed E-state index contributed by atoms with van der Waals surface area (Å²) in [5.41, 5.74) is 5.03. The number of para-hydroxylation sites is 1. The second-order valence-corrected chi connectivity index (χ2v) is 4.80. The number of likely N-dealkylation sites (N-methyl/N-ethyl adjacent to an activating group) is 1. The minimum Gasteiger partial charge on any atom is -0.311 e. The lowest BCUT2D eigenvalue weighted by atomic mass is 10.0. The number of fused-ring (bicyclic) bond motifs is 1. The van der Waals surface area contributed by atoms with Crippen LogP contribution in [0.25, 0.3) is 11.6 Å². The third-order valence-corrected chi connectivity index (χ3v) is 3.58. The van der Waals surface area contributed by atoms with Gasteiger partial charge in [-0.15, -0.1) is 0 Å². The number of hydrogen-bond acceptors (Lipinski definition) is 1. The van der Waals surface area contributed by atoms with Crippen molar-refractivity contribution in [2.75, 3.05) is 11.9 Å². The first-order valence-corrected chi connectivity index (χ1v) is 6.33. The molecular formula is C17H15NO. The summed E-state index contributed by atoms with van der Waals surface area (Å²) in [7, 11) is 1.82. The number of nitrogens with zero attached hydrogens (tertiary/aromatic N) is 1. The predicted molar refractivity (Wildman–Crippen MR) is 78.9 cm³/mol. The maximum Gasteiger partial charge on any atom is 0.258 e. The zero-order valence-electron chi connectivity index (χ0n) is 11.1. The van der Waals surface area contributed by atoms with Gasteiger partial charge in [-0.3, -0.25) is 4.79 Å². The summed E-state index contributed by atoms with van der Waals surface area (Å²) in [5, 5.41) is 0. The van der Waals surface area contributed by atoms with Gasteiger partial charge in [0.15, 0.2) is 0 Å². The summed E-state index contributed by atoms with van der Waals surface area (Å²) in [4.78, 5) is 14.0. The van der Waals surface area contributed by atoms with E-state index in [0.29, 0.717) is 0 Å². The number of carbonyl (C=O) groups is 1. The Labute approximate surface area is 113 Å². The van der Waals surface area contributed by atoms with Crippen LogP contribution in [0, 0.1) is 6.92 Å². The summed E-state index contributed by atoms with van der Waals surface area (Å²) in [6.45, 7) is 2.06. The second kappa shape index (κ2) is 4.39. The Morgan fingerprint density at radius 3 is 2.47 bits per heavy atom. The fourth-order valence-electron chi connectivity index (χ4n) is 2.44. The van der Waals surface area contributed by atoms with E-state index in [-0.39, 0.29) is 5.91 Å². The van der Waals surface area contributed by atoms with Crippen LogP contribution in [0.5, 0.6) is 0 Å². The van der Waals surface area contributed by atoms with Crippen LogP contribution in [0.2, 0.25) is 0 Å². The molecule has 0 saturated heterocycles. The van der Waals surface area contributed by atoms with Crippen molar-refractivity contribution in [3.05, 3.63) is 65.2 Å². The topological polar surface area (TPSA) is 20.3 Å². The molecule has 2 nitrogen and oxygen atoms in total. The average molecular weight is 249 g/mol. The number of rotatable bonds is 1. The van der Waals surface area contributed by atoms with Gasteiger partial charge in [0, 0.05) is 18.2 Å². The quantitative estimate of drug-likeness (QED) is 0.708. The van der Waals surface area contributed by atoms with Crippen molar-refractivity contribution < 1.29 is 4.79 Å². The average Bonchev–Trinajstić information content (AvgIpc) is 2.67. The van der Waals surface area contributed by atoms with Gasteiger partial charge in [0.25, 0.3) is 5.91 Å². The highest BCUT2D eigenvalue weighted by Crippen LogP contribution is 2.36.